The fourth-order valence-electron chi connectivity index (χ4n) is 5.25. The first-order chi connectivity index (χ1) is 16.1. The van der Waals surface area contributed by atoms with E-state index in [4.69, 9.17) is 4.74 Å². The number of carboxylic acid groups (broad SMARTS) is 1. The summed E-state index contributed by atoms with van der Waals surface area (Å²) < 4.78 is 5.56. The van der Waals surface area contributed by atoms with Crippen LogP contribution in [0.15, 0.2) is 66.7 Å². The second-order valence-corrected chi connectivity index (χ2v) is 8.83. The highest BCUT2D eigenvalue weighted by atomic mass is 16.5. The summed E-state index contributed by atoms with van der Waals surface area (Å²) in [6.45, 7) is 0.160. The molecule has 3 aromatic carbocycles. The molecule has 0 spiro atoms. The van der Waals surface area contributed by atoms with Crippen LogP contribution in [0.5, 0.6) is 0 Å². The van der Waals surface area contributed by atoms with E-state index in [0.717, 1.165) is 53.5 Å². The van der Waals surface area contributed by atoms with Crippen molar-refractivity contribution in [3.63, 3.8) is 0 Å². The molecule has 0 radical (unpaired) electrons. The highest BCUT2D eigenvalue weighted by molar-refractivity contribution is 5.81. The zero-order valence-corrected chi connectivity index (χ0v) is 18.4. The maximum atomic E-state index is 12.6. The van der Waals surface area contributed by atoms with Crippen LogP contribution in [0.25, 0.3) is 11.1 Å². The molecule has 2 aliphatic rings. The minimum atomic E-state index is -1.06. The molecule has 5 nitrogen and oxygen atoms in total. The molecule has 0 saturated carbocycles. The lowest BCUT2D eigenvalue weighted by Crippen LogP contribution is -2.43. The van der Waals surface area contributed by atoms with Crippen molar-refractivity contribution in [2.75, 3.05) is 6.61 Å². The van der Waals surface area contributed by atoms with E-state index < -0.39 is 18.1 Å². The van der Waals surface area contributed by atoms with Gasteiger partial charge < -0.3 is 15.2 Å². The molecule has 0 saturated heterocycles. The van der Waals surface area contributed by atoms with Gasteiger partial charge in [0.25, 0.3) is 0 Å². The molecule has 5 heteroatoms. The third kappa shape index (κ3) is 4.23. The fraction of sp³-hybridized carbons (Fsp3) is 0.286. The van der Waals surface area contributed by atoms with Crippen molar-refractivity contribution in [2.24, 2.45) is 0 Å². The van der Waals surface area contributed by atoms with Crippen LogP contribution in [0.3, 0.4) is 0 Å². The highest BCUT2D eigenvalue weighted by Crippen LogP contribution is 2.44. The molecular formula is C28H27NO4. The number of carbonyl (C=O) groups excluding carboxylic acids is 1. The number of carboxylic acids is 1. The number of amides is 1. The van der Waals surface area contributed by atoms with Gasteiger partial charge in [-0.3, -0.25) is 0 Å². The van der Waals surface area contributed by atoms with Crippen LogP contribution in [-0.4, -0.2) is 29.8 Å². The van der Waals surface area contributed by atoms with E-state index in [-0.39, 0.29) is 18.9 Å². The Bertz CT molecular complexity index is 1160. The van der Waals surface area contributed by atoms with E-state index >= 15 is 0 Å². The minimum Gasteiger partial charge on any atom is -0.480 e. The summed E-state index contributed by atoms with van der Waals surface area (Å²) >= 11 is 0. The van der Waals surface area contributed by atoms with Gasteiger partial charge in [0.2, 0.25) is 0 Å². The number of carbonyl (C=O) groups is 2. The van der Waals surface area contributed by atoms with Crippen molar-refractivity contribution >= 4 is 12.1 Å². The molecule has 5 rings (SSSR count). The predicted molar refractivity (Wildman–Crippen MR) is 126 cm³/mol. The van der Waals surface area contributed by atoms with Gasteiger partial charge in [0.05, 0.1) is 0 Å². The number of nitrogens with one attached hydrogen (secondary N) is 1. The van der Waals surface area contributed by atoms with E-state index in [1.807, 2.05) is 36.4 Å². The van der Waals surface area contributed by atoms with Gasteiger partial charge >= 0.3 is 12.1 Å². The zero-order valence-electron chi connectivity index (χ0n) is 18.4. The van der Waals surface area contributed by atoms with E-state index in [1.165, 1.54) is 11.1 Å². The molecule has 1 unspecified atom stereocenters. The second kappa shape index (κ2) is 9.10. The summed E-state index contributed by atoms with van der Waals surface area (Å²) in [4.78, 5) is 24.5. The van der Waals surface area contributed by atoms with Crippen LogP contribution < -0.4 is 5.32 Å². The molecule has 1 atom stereocenters. The predicted octanol–water partition coefficient (Wildman–Crippen LogP) is 5.10. The molecule has 0 aliphatic heterocycles. The largest absolute Gasteiger partial charge is 0.480 e. The van der Waals surface area contributed by atoms with Gasteiger partial charge in [-0.2, -0.15) is 0 Å². The number of ether oxygens (including phenoxy) is 1. The molecule has 1 amide bonds. The quantitative estimate of drug-likeness (QED) is 0.558. The van der Waals surface area contributed by atoms with Crippen LogP contribution in [0.2, 0.25) is 0 Å². The van der Waals surface area contributed by atoms with Crippen molar-refractivity contribution < 1.29 is 19.4 Å². The smallest absolute Gasteiger partial charge is 0.407 e. The van der Waals surface area contributed by atoms with Crippen LogP contribution in [-0.2, 0) is 28.8 Å². The van der Waals surface area contributed by atoms with Crippen LogP contribution in [0.4, 0.5) is 4.79 Å². The van der Waals surface area contributed by atoms with Crippen molar-refractivity contribution in [2.45, 2.75) is 44.1 Å². The Morgan fingerprint density at radius 2 is 1.58 bits per heavy atom. The maximum absolute atomic E-state index is 12.6. The number of benzene rings is 3. The molecule has 0 fully saturated rings. The molecular weight excluding hydrogens is 414 g/mol. The molecule has 168 valence electrons. The Balaban J connectivity index is 1.27. The molecule has 0 aromatic heterocycles. The van der Waals surface area contributed by atoms with E-state index in [0.29, 0.717) is 0 Å². The number of fused-ring (bicyclic) bond motifs is 4. The summed E-state index contributed by atoms with van der Waals surface area (Å²) in [5.41, 5.74) is 8.08. The number of aryl methyl sites for hydroxylation is 1. The first-order valence-electron chi connectivity index (χ1n) is 11.6. The Kier molecular flexibility index (Phi) is 5.86. The second-order valence-electron chi connectivity index (χ2n) is 8.83. The van der Waals surface area contributed by atoms with Gasteiger partial charge in [-0.25, -0.2) is 9.59 Å². The zero-order chi connectivity index (χ0) is 22.8. The number of rotatable bonds is 6. The van der Waals surface area contributed by atoms with Crippen molar-refractivity contribution in [1.29, 1.82) is 0 Å². The Morgan fingerprint density at radius 3 is 2.27 bits per heavy atom. The SMILES string of the molecule is O=C(NC(Cc1cccc2c1CCCC2)C(=O)O)OCC1c2ccccc2-c2ccccc21. The lowest BCUT2D eigenvalue weighted by molar-refractivity contribution is -0.139. The Morgan fingerprint density at radius 1 is 0.909 bits per heavy atom. The van der Waals surface area contributed by atoms with Crippen LogP contribution in [0, 0.1) is 0 Å². The van der Waals surface area contributed by atoms with Crippen molar-refractivity contribution in [3.05, 3.63) is 94.5 Å². The fourth-order valence-corrected chi connectivity index (χ4v) is 5.25. The molecule has 2 N–H and O–H groups in total. The molecule has 3 aromatic rings. The third-order valence-electron chi connectivity index (χ3n) is 6.85. The first kappa shape index (κ1) is 21.3. The van der Waals surface area contributed by atoms with Gasteiger partial charge in [0, 0.05) is 12.3 Å². The molecule has 2 aliphatic carbocycles. The Hall–Kier alpha value is -3.60. The van der Waals surface area contributed by atoms with Crippen LogP contribution >= 0.6 is 0 Å². The van der Waals surface area contributed by atoms with Gasteiger partial charge in [-0.1, -0.05) is 66.7 Å². The van der Waals surface area contributed by atoms with Crippen molar-refractivity contribution in [1.82, 2.24) is 5.32 Å². The lowest BCUT2D eigenvalue weighted by atomic mass is 9.86. The molecule has 0 heterocycles. The summed E-state index contributed by atoms with van der Waals surface area (Å²) in [6, 6.07) is 21.3. The summed E-state index contributed by atoms with van der Waals surface area (Å²) in [5, 5.41) is 12.3. The number of hydrogen-bond donors (Lipinski definition) is 2. The summed E-state index contributed by atoms with van der Waals surface area (Å²) in [6.07, 6.45) is 3.82. The first-order valence-corrected chi connectivity index (χ1v) is 11.6. The highest BCUT2D eigenvalue weighted by Gasteiger charge is 2.30. The summed E-state index contributed by atoms with van der Waals surface area (Å²) in [7, 11) is 0. The summed E-state index contributed by atoms with van der Waals surface area (Å²) in [5.74, 6) is -1.12. The normalized spacial score (nSPS) is 15.2. The minimum absolute atomic E-state index is 0.0624. The van der Waals surface area contributed by atoms with E-state index in [9.17, 15) is 14.7 Å². The number of hydrogen-bond acceptors (Lipinski definition) is 3. The van der Waals surface area contributed by atoms with Crippen molar-refractivity contribution in [3.8, 4) is 11.1 Å². The number of alkyl carbamates (subject to hydrolysis) is 1. The van der Waals surface area contributed by atoms with E-state index in [1.54, 1.807) is 0 Å². The standard InChI is InChI=1S/C28H27NO4/c30-27(31)26(16-19-10-7-9-18-8-1-2-11-20(18)19)29-28(32)33-17-25-23-14-5-3-12-21(23)22-13-4-6-15-24(22)25/h3-7,9-10,12-15,25-26H,1-2,8,11,16-17H2,(H,29,32)(H,30,31). The molecule has 33 heavy (non-hydrogen) atoms. The Labute approximate surface area is 193 Å². The number of aliphatic carboxylic acids is 1. The maximum Gasteiger partial charge on any atom is 0.407 e. The average molecular weight is 442 g/mol. The van der Waals surface area contributed by atoms with Gasteiger partial charge in [-0.05, 0) is 64.6 Å². The van der Waals surface area contributed by atoms with Gasteiger partial charge in [0.15, 0.2) is 0 Å². The molecule has 0 bridgehead atoms. The van der Waals surface area contributed by atoms with Gasteiger partial charge in [0.1, 0.15) is 12.6 Å². The monoisotopic (exact) mass is 441 g/mol. The van der Waals surface area contributed by atoms with E-state index in [2.05, 4.69) is 35.6 Å². The average Bonchev–Trinajstić information content (AvgIpc) is 3.16. The third-order valence-corrected chi connectivity index (χ3v) is 6.85. The van der Waals surface area contributed by atoms with Crippen LogP contribution in [0.1, 0.15) is 46.6 Å². The lowest BCUT2D eigenvalue weighted by Gasteiger charge is -2.22. The topological polar surface area (TPSA) is 75.6 Å². The van der Waals surface area contributed by atoms with Gasteiger partial charge in [-0.15, -0.1) is 0 Å².